The largest absolute Gasteiger partial charge is 0.496 e. The zero-order valence-electron chi connectivity index (χ0n) is 18.0. The Balaban J connectivity index is 1.46. The molecular formula is C24H22ClF2N5O. The van der Waals surface area contributed by atoms with Gasteiger partial charge in [-0.15, -0.1) is 0 Å². The fourth-order valence-corrected chi connectivity index (χ4v) is 4.42. The topological polar surface area (TPSA) is 85.9 Å². The summed E-state index contributed by atoms with van der Waals surface area (Å²) in [4.78, 5) is 10.7. The first-order valence-corrected chi connectivity index (χ1v) is 11.0. The van der Waals surface area contributed by atoms with Crippen molar-refractivity contribution in [3.8, 4) is 6.07 Å². The number of benzene rings is 1. The molecule has 0 fully saturated rings. The van der Waals surface area contributed by atoms with E-state index in [1.807, 2.05) is 11.9 Å². The Morgan fingerprint density at radius 3 is 2.88 bits per heavy atom. The van der Waals surface area contributed by atoms with Crippen LogP contribution in [0.5, 0.6) is 0 Å². The maximum absolute atomic E-state index is 14.4. The second-order valence-electron chi connectivity index (χ2n) is 8.04. The summed E-state index contributed by atoms with van der Waals surface area (Å²) in [6.45, 7) is 0.994. The van der Waals surface area contributed by atoms with Crippen molar-refractivity contribution in [1.29, 1.82) is 10.7 Å². The molecule has 0 saturated heterocycles. The van der Waals surface area contributed by atoms with Gasteiger partial charge in [-0.1, -0.05) is 6.07 Å². The predicted octanol–water partition coefficient (Wildman–Crippen LogP) is 5.09. The van der Waals surface area contributed by atoms with E-state index in [2.05, 4.69) is 16.0 Å². The number of aromatic nitrogens is 2. The number of nitriles is 1. The van der Waals surface area contributed by atoms with Crippen molar-refractivity contribution < 1.29 is 13.5 Å². The predicted molar refractivity (Wildman–Crippen MR) is 122 cm³/mol. The molecule has 2 aliphatic carbocycles. The van der Waals surface area contributed by atoms with Crippen LogP contribution < -0.4 is 4.90 Å². The summed E-state index contributed by atoms with van der Waals surface area (Å²) in [5, 5.41) is 17.0. The molecule has 1 N–H and O–H groups in total. The smallest absolute Gasteiger partial charge is 0.224 e. The molecule has 1 aromatic carbocycles. The van der Waals surface area contributed by atoms with Crippen LogP contribution in [0.25, 0.3) is 0 Å². The van der Waals surface area contributed by atoms with Gasteiger partial charge in [0.2, 0.25) is 5.28 Å². The molecule has 4 rings (SSSR count). The highest BCUT2D eigenvalue weighted by atomic mass is 35.5. The first kappa shape index (κ1) is 22.9. The molecular weight excluding hydrogens is 448 g/mol. The fraction of sp³-hybridized carbons (Fsp3) is 0.333. The SMILES string of the molecule is CN(CCCOC1=C(C#N)C=CC(=N)C1)c1nc(Cl)nc2c1CCC2c1ccc(F)cc1F. The lowest BCUT2D eigenvalue weighted by atomic mass is 9.96. The Morgan fingerprint density at radius 2 is 2.12 bits per heavy atom. The molecule has 9 heteroatoms. The normalized spacial score (nSPS) is 17.2. The molecule has 1 aromatic heterocycles. The van der Waals surface area contributed by atoms with Crippen LogP contribution in [0, 0.1) is 28.4 Å². The van der Waals surface area contributed by atoms with E-state index in [1.165, 1.54) is 12.1 Å². The van der Waals surface area contributed by atoms with E-state index in [0.717, 1.165) is 11.6 Å². The molecule has 0 bridgehead atoms. The standard InChI is InChI=1S/C24H22ClF2N5O/c1-32(9-2-10-33-21-12-16(29)5-3-14(21)13-28)23-19-8-7-18(22(19)30-24(25)31-23)17-6-4-15(26)11-20(17)27/h3-6,11,18,29H,2,7-10,12H2,1H3. The van der Waals surface area contributed by atoms with Gasteiger partial charge in [-0.25, -0.2) is 18.7 Å². The lowest BCUT2D eigenvalue weighted by Crippen LogP contribution is -2.23. The number of anilines is 1. The van der Waals surface area contributed by atoms with Crippen LogP contribution in [0.15, 0.2) is 41.7 Å². The average Bonchev–Trinajstić information content (AvgIpc) is 3.19. The Morgan fingerprint density at radius 1 is 1.30 bits per heavy atom. The van der Waals surface area contributed by atoms with E-state index >= 15 is 0 Å². The van der Waals surface area contributed by atoms with Crippen LogP contribution in [0.3, 0.4) is 0 Å². The lowest BCUT2D eigenvalue weighted by molar-refractivity contribution is 0.205. The zero-order valence-corrected chi connectivity index (χ0v) is 18.8. The van der Waals surface area contributed by atoms with Crippen molar-refractivity contribution in [2.45, 2.75) is 31.6 Å². The number of halogens is 3. The van der Waals surface area contributed by atoms with E-state index in [-0.39, 0.29) is 11.2 Å². The van der Waals surface area contributed by atoms with Crippen molar-refractivity contribution in [3.63, 3.8) is 0 Å². The molecule has 2 aromatic rings. The average molecular weight is 470 g/mol. The first-order valence-electron chi connectivity index (χ1n) is 10.6. The highest BCUT2D eigenvalue weighted by Gasteiger charge is 2.32. The molecule has 0 radical (unpaired) electrons. The zero-order chi connectivity index (χ0) is 23.5. The summed E-state index contributed by atoms with van der Waals surface area (Å²) >= 11 is 6.21. The van der Waals surface area contributed by atoms with Gasteiger partial charge in [0.25, 0.3) is 0 Å². The van der Waals surface area contributed by atoms with Gasteiger partial charge in [0.1, 0.15) is 29.3 Å². The summed E-state index contributed by atoms with van der Waals surface area (Å²) in [6, 6.07) is 5.70. The molecule has 170 valence electrons. The van der Waals surface area contributed by atoms with Gasteiger partial charge in [-0.2, -0.15) is 5.26 Å². The van der Waals surface area contributed by atoms with Crippen molar-refractivity contribution in [3.05, 3.63) is 75.4 Å². The van der Waals surface area contributed by atoms with Gasteiger partial charge in [-0.05, 0) is 54.6 Å². The van der Waals surface area contributed by atoms with Crippen molar-refractivity contribution in [2.75, 3.05) is 25.1 Å². The fourth-order valence-electron chi connectivity index (χ4n) is 4.25. The number of fused-ring (bicyclic) bond motifs is 1. The van der Waals surface area contributed by atoms with E-state index in [1.54, 1.807) is 12.2 Å². The number of rotatable bonds is 7. The molecule has 2 aliphatic rings. The number of ether oxygens (including phenoxy) is 1. The highest BCUT2D eigenvalue weighted by molar-refractivity contribution is 6.28. The van der Waals surface area contributed by atoms with Gasteiger partial charge < -0.3 is 15.0 Å². The van der Waals surface area contributed by atoms with E-state index < -0.39 is 11.6 Å². The van der Waals surface area contributed by atoms with E-state index in [4.69, 9.17) is 21.7 Å². The second kappa shape index (κ2) is 9.67. The van der Waals surface area contributed by atoms with E-state index in [0.29, 0.717) is 73.0 Å². The van der Waals surface area contributed by atoms with Crippen LogP contribution in [-0.4, -0.2) is 35.9 Å². The molecule has 1 heterocycles. The van der Waals surface area contributed by atoms with Crippen LogP contribution >= 0.6 is 11.6 Å². The van der Waals surface area contributed by atoms with Gasteiger partial charge in [-0.3, -0.25) is 0 Å². The third-order valence-electron chi connectivity index (χ3n) is 5.84. The quantitative estimate of drug-likeness (QED) is 0.451. The van der Waals surface area contributed by atoms with E-state index in [9.17, 15) is 14.0 Å². The van der Waals surface area contributed by atoms with Crippen LogP contribution in [0.1, 0.15) is 42.0 Å². The maximum atomic E-state index is 14.4. The summed E-state index contributed by atoms with van der Waals surface area (Å²) in [5.41, 5.74) is 2.84. The maximum Gasteiger partial charge on any atom is 0.224 e. The Bertz CT molecular complexity index is 1200. The summed E-state index contributed by atoms with van der Waals surface area (Å²) in [7, 11) is 1.89. The van der Waals surface area contributed by atoms with Gasteiger partial charge in [0.15, 0.2) is 0 Å². The van der Waals surface area contributed by atoms with Gasteiger partial charge in [0, 0.05) is 43.3 Å². The van der Waals surface area contributed by atoms with Crippen molar-refractivity contribution in [2.24, 2.45) is 0 Å². The summed E-state index contributed by atoms with van der Waals surface area (Å²) in [6.07, 6.45) is 5.47. The van der Waals surface area contributed by atoms with Crippen LogP contribution in [0.2, 0.25) is 5.28 Å². The number of allylic oxidation sites excluding steroid dienone is 4. The number of hydrogen-bond acceptors (Lipinski definition) is 6. The Labute approximate surface area is 195 Å². The highest BCUT2D eigenvalue weighted by Crippen LogP contribution is 2.41. The first-order chi connectivity index (χ1) is 15.9. The van der Waals surface area contributed by atoms with Crippen LogP contribution in [0.4, 0.5) is 14.6 Å². The van der Waals surface area contributed by atoms with Crippen molar-refractivity contribution in [1.82, 2.24) is 9.97 Å². The Hall–Kier alpha value is -3.31. The van der Waals surface area contributed by atoms with Gasteiger partial charge in [0.05, 0.1) is 17.9 Å². The molecule has 0 saturated carbocycles. The molecule has 0 aliphatic heterocycles. The Kier molecular flexibility index (Phi) is 6.70. The number of nitrogens with zero attached hydrogens (tertiary/aromatic N) is 4. The molecule has 6 nitrogen and oxygen atoms in total. The van der Waals surface area contributed by atoms with Gasteiger partial charge >= 0.3 is 0 Å². The summed E-state index contributed by atoms with van der Waals surface area (Å²) < 4.78 is 33.5. The summed E-state index contributed by atoms with van der Waals surface area (Å²) in [5.74, 6) is -0.303. The lowest BCUT2D eigenvalue weighted by Gasteiger charge is -2.22. The van der Waals surface area contributed by atoms with Crippen molar-refractivity contribution >= 4 is 23.1 Å². The molecule has 0 spiro atoms. The third kappa shape index (κ3) is 4.88. The minimum absolute atomic E-state index is 0.0811. The minimum atomic E-state index is -0.614. The number of hydrogen-bond donors (Lipinski definition) is 1. The molecule has 1 unspecified atom stereocenters. The van der Waals surface area contributed by atoms with Crippen LogP contribution in [-0.2, 0) is 11.2 Å². The second-order valence-corrected chi connectivity index (χ2v) is 8.38. The monoisotopic (exact) mass is 469 g/mol. The minimum Gasteiger partial charge on any atom is -0.496 e. The molecule has 1 atom stereocenters. The molecule has 33 heavy (non-hydrogen) atoms. The molecule has 0 amide bonds. The number of nitrogens with one attached hydrogen (secondary N) is 1. The third-order valence-corrected chi connectivity index (χ3v) is 6.01.